The average molecular weight is 230 g/mol. The summed E-state index contributed by atoms with van der Waals surface area (Å²) in [7, 11) is 0. The molecule has 3 nitrogen and oxygen atoms in total. The van der Waals surface area contributed by atoms with Crippen molar-refractivity contribution in [1.82, 2.24) is 0 Å². The molecule has 1 rings (SSSR count). The number of nitrogen functional groups attached to an aromatic ring is 1. The van der Waals surface area contributed by atoms with Crippen LogP contribution in [0, 0.1) is 0 Å². The van der Waals surface area contributed by atoms with E-state index in [9.17, 15) is 0 Å². The number of nitrogens with two attached hydrogens (primary N) is 1. The largest absolute Gasteiger partial charge is 0.487 e. The third-order valence-electron chi connectivity index (χ3n) is 1.82. The summed E-state index contributed by atoms with van der Waals surface area (Å²) < 4.78 is 10.7. The number of ether oxygens (including phenoxy) is 2. The van der Waals surface area contributed by atoms with Gasteiger partial charge in [-0.05, 0) is 18.6 Å². The van der Waals surface area contributed by atoms with Crippen molar-refractivity contribution in [1.29, 1.82) is 0 Å². The van der Waals surface area contributed by atoms with E-state index in [1.807, 2.05) is 0 Å². The van der Waals surface area contributed by atoms with E-state index in [1.54, 1.807) is 18.2 Å². The molecule has 0 saturated heterocycles. The molecule has 0 aliphatic heterocycles. The van der Waals surface area contributed by atoms with Gasteiger partial charge in [-0.2, -0.15) is 0 Å². The Morgan fingerprint density at radius 1 is 1.27 bits per heavy atom. The maximum absolute atomic E-state index is 5.92. The predicted octanol–water partition coefficient (Wildman–Crippen LogP) is 2.73. The van der Waals surface area contributed by atoms with Gasteiger partial charge in [-0.25, -0.2) is 0 Å². The van der Waals surface area contributed by atoms with Crippen LogP contribution in [-0.2, 0) is 4.74 Å². The van der Waals surface area contributed by atoms with Gasteiger partial charge >= 0.3 is 0 Å². The van der Waals surface area contributed by atoms with E-state index >= 15 is 0 Å². The third kappa shape index (κ3) is 3.98. The smallest absolute Gasteiger partial charge is 0.160 e. The molecule has 0 radical (unpaired) electrons. The molecule has 0 amide bonds. The predicted molar refractivity (Wildman–Crippen MR) is 62.5 cm³/mol. The lowest BCUT2D eigenvalue weighted by Crippen LogP contribution is -2.08. The Morgan fingerprint density at radius 3 is 2.73 bits per heavy atom. The van der Waals surface area contributed by atoms with E-state index in [2.05, 4.69) is 6.92 Å². The molecule has 1 aromatic carbocycles. The van der Waals surface area contributed by atoms with E-state index in [0.717, 1.165) is 13.0 Å². The van der Waals surface area contributed by atoms with Crippen LogP contribution in [-0.4, -0.2) is 19.8 Å². The molecule has 0 aromatic heterocycles. The Labute approximate surface area is 95.1 Å². The molecule has 0 aliphatic carbocycles. The van der Waals surface area contributed by atoms with Crippen molar-refractivity contribution in [2.75, 3.05) is 25.6 Å². The van der Waals surface area contributed by atoms with Gasteiger partial charge < -0.3 is 15.2 Å². The molecular formula is C11H16ClNO2. The standard InChI is InChI=1S/C11H16ClNO2/c1-2-6-14-7-8-15-11-9(12)4-3-5-10(11)13/h3-5H,2,6-8,13H2,1H3. The summed E-state index contributed by atoms with van der Waals surface area (Å²) in [5, 5.41) is 0.533. The zero-order chi connectivity index (χ0) is 11.1. The van der Waals surface area contributed by atoms with Crippen molar-refractivity contribution < 1.29 is 9.47 Å². The van der Waals surface area contributed by atoms with Crippen LogP contribution >= 0.6 is 11.6 Å². The SMILES string of the molecule is CCCOCCOc1c(N)cccc1Cl. The van der Waals surface area contributed by atoms with Gasteiger partial charge in [-0.15, -0.1) is 0 Å². The average Bonchev–Trinajstić information content (AvgIpc) is 2.21. The van der Waals surface area contributed by atoms with Gasteiger partial charge in [0.1, 0.15) is 6.61 Å². The highest BCUT2D eigenvalue weighted by Gasteiger charge is 2.04. The van der Waals surface area contributed by atoms with Crippen molar-refractivity contribution in [2.45, 2.75) is 13.3 Å². The highest BCUT2D eigenvalue weighted by molar-refractivity contribution is 6.32. The van der Waals surface area contributed by atoms with Gasteiger partial charge in [0.05, 0.1) is 17.3 Å². The summed E-state index contributed by atoms with van der Waals surface area (Å²) in [6.07, 6.45) is 1.01. The van der Waals surface area contributed by atoms with E-state index in [4.69, 9.17) is 26.8 Å². The fourth-order valence-electron chi connectivity index (χ4n) is 1.13. The lowest BCUT2D eigenvalue weighted by atomic mass is 10.3. The van der Waals surface area contributed by atoms with Crippen molar-refractivity contribution in [3.63, 3.8) is 0 Å². The van der Waals surface area contributed by atoms with Crippen LogP contribution in [0.3, 0.4) is 0 Å². The molecule has 2 N–H and O–H groups in total. The van der Waals surface area contributed by atoms with Crippen LogP contribution in [0.25, 0.3) is 0 Å². The molecule has 0 bridgehead atoms. The van der Waals surface area contributed by atoms with Crippen LogP contribution in [0.1, 0.15) is 13.3 Å². The second-order valence-corrected chi connectivity index (χ2v) is 3.53. The minimum atomic E-state index is 0.466. The Morgan fingerprint density at radius 2 is 2.07 bits per heavy atom. The first-order valence-electron chi connectivity index (χ1n) is 5.00. The first-order valence-corrected chi connectivity index (χ1v) is 5.38. The molecule has 4 heteroatoms. The lowest BCUT2D eigenvalue weighted by molar-refractivity contribution is 0.101. The summed E-state index contributed by atoms with van der Waals surface area (Å²) in [5.74, 6) is 0.541. The molecule has 0 heterocycles. The molecule has 1 aromatic rings. The van der Waals surface area contributed by atoms with E-state index in [-0.39, 0.29) is 0 Å². The number of hydrogen-bond acceptors (Lipinski definition) is 3. The van der Waals surface area contributed by atoms with Crippen molar-refractivity contribution in [3.05, 3.63) is 23.2 Å². The molecule has 0 unspecified atom stereocenters. The Bertz CT molecular complexity index is 284. The summed E-state index contributed by atoms with van der Waals surface area (Å²) in [6.45, 7) is 3.83. The molecule has 0 fully saturated rings. The van der Waals surface area contributed by atoms with Crippen molar-refractivity contribution in [3.8, 4) is 5.75 Å². The van der Waals surface area contributed by atoms with Crippen LogP contribution < -0.4 is 10.5 Å². The summed E-state index contributed by atoms with van der Waals surface area (Å²) in [4.78, 5) is 0. The zero-order valence-electron chi connectivity index (χ0n) is 8.83. The first-order chi connectivity index (χ1) is 7.25. The fourth-order valence-corrected chi connectivity index (χ4v) is 1.36. The third-order valence-corrected chi connectivity index (χ3v) is 2.12. The molecule has 0 spiro atoms. The number of para-hydroxylation sites is 1. The van der Waals surface area contributed by atoms with Crippen LogP contribution in [0.15, 0.2) is 18.2 Å². The Balaban J connectivity index is 2.37. The molecule has 0 atom stereocenters. The highest BCUT2D eigenvalue weighted by Crippen LogP contribution is 2.30. The van der Waals surface area contributed by atoms with Crippen molar-refractivity contribution >= 4 is 17.3 Å². The zero-order valence-corrected chi connectivity index (χ0v) is 9.59. The Kier molecular flexibility index (Phi) is 5.29. The lowest BCUT2D eigenvalue weighted by Gasteiger charge is -2.10. The summed E-state index contributed by atoms with van der Waals surface area (Å²) in [6, 6.07) is 5.30. The van der Waals surface area contributed by atoms with Crippen LogP contribution in [0.4, 0.5) is 5.69 Å². The summed E-state index contributed by atoms with van der Waals surface area (Å²) in [5.41, 5.74) is 6.27. The minimum Gasteiger partial charge on any atom is -0.487 e. The normalized spacial score (nSPS) is 10.3. The van der Waals surface area contributed by atoms with E-state index in [1.165, 1.54) is 0 Å². The van der Waals surface area contributed by atoms with E-state index in [0.29, 0.717) is 29.7 Å². The van der Waals surface area contributed by atoms with E-state index < -0.39 is 0 Å². The topological polar surface area (TPSA) is 44.5 Å². The summed E-state index contributed by atoms with van der Waals surface area (Å²) >= 11 is 5.92. The molecule has 0 aliphatic rings. The molecular weight excluding hydrogens is 214 g/mol. The minimum absolute atomic E-state index is 0.466. The number of benzene rings is 1. The second-order valence-electron chi connectivity index (χ2n) is 3.12. The number of anilines is 1. The van der Waals surface area contributed by atoms with Gasteiger partial charge in [0.2, 0.25) is 0 Å². The first kappa shape index (κ1) is 12.1. The fraction of sp³-hybridized carbons (Fsp3) is 0.455. The van der Waals surface area contributed by atoms with Gasteiger partial charge in [0.15, 0.2) is 5.75 Å². The quantitative estimate of drug-likeness (QED) is 0.603. The number of hydrogen-bond donors (Lipinski definition) is 1. The maximum Gasteiger partial charge on any atom is 0.160 e. The monoisotopic (exact) mass is 229 g/mol. The van der Waals surface area contributed by atoms with Gasteiger partial charge in [-0.3, -0.25) is 0 Å². The molecule has 0 saturated carbocycles. The second kappa shape index (κ2) is 6.53. The van der Waals surface area contributed by atoms with Crippen LogP contribution in [0.5, 0.6) is 5.75 Å². The van der Waals surface area contributed by atoms with Crippen molar-refractivity contribution in [2.24, 2.45) is 0 Å². The van der Waals surface area contributed by atoms with Crippen LogP contribution in [0.2, 0.25) is 5.02 Å². The molecule has 15 heavy (non-hydrogen) atoms. The number of rotatable bonds is 6. The molecule has 84 valence electrons. The van der Waals surface area contributed by atoms with Gasteiger partial charge in [-0.1, -0.05) is 24.6 Å². The highest BCUT2D eigenvalue weighted by atomic mass is 35.5. The van der Waals surface area contributed by atoms with Gasteiger partial charge in [0.25, 0.3) is 0 Å². The van der Waals surface area contributed by atoms with Gasteiger partial charge in [0, 0.05) is 6.61 Å². The number of halogens is 1. The Hall–Kier alpha value is -0.930. The maximum atomic E-state index is 5.92.